The standard InChI is InChI=1S/C14H25N3O2/c1-9-6-11(10(2)17-9)7-12(15)8-16-13(18)19-14(3,4)5/h6,12,17H,7-8,15H2,1-5H3,(H,16,18). The highest BCUT2D eigenvalue weighted by molar-refractivity contribution is 5.67. The summed E-state index contributed by atoms with van der Waals surface area (Å²) < 4.78 is 5.15. The lowest BCUT2D eigenvalue weighted by Crippen LogP contribution is -2.41. The van der Waals surface area contributed by atoms with E-state index in [1.54, 1.807) is 0 Å². The summed E-state index contributed by atoms with van der Waals surface area (Å²) in [4.78, 5) is 14.7. The van der Waals surface area contributed by atoms with Crippen LogP contribution in [0.2, 0.25) is 0 Å². The third-order valence-electron chi connectivity index (χ3n) is 2.65. The number of nitrogens with two attached hydrogens (primary N) is 1. The molecule has 5 heteroatoms. The van der Waals surface area contributed by atoms with Gasteiger partial charge in [-0.2, -0.15) is 0 Å². The number of carbonyl (C=O) groups is 1. The molecule has 1 heterocycles. The maximum absolute atomic E-state index is 11.5. The molecule has 1 aromatic rings. The number of rotatable bonds is 4. The van der Waals surface area contributed by atoms with Gasteiger partial charge in [-0.1, -0.05) is 0 Å². The number of aromatic amines is 1. The van der Waals surface area contributed by atoms with Crippen LogP contribution in [0, 0.1) is 13.8 Å². The topological polar surface area (TPSA) is 80.1 Å². The van der Waals surface area contributed by atoms with Gasteiger partial charge in [0.05, 0.1) is 0 Å². The minimum absolute atomic E-state index is 0.124. The molecule has 108 valence electrons. The summed E-state index contributed by atoms with van der Waals surface area (Å²) in [5.74, 6) is 0. The Morgan fingerprint density at radius 2 is 2.11 bits per heavy atom. The van der Waals surface area contributed by atoms with Crippen molar-refractivity contribution in [2.75, 3.05) is 6.54 Å². The van der Waals surface area contributed by atoms with Crippen LogP contribution >= 0.6 is 0 Å². The Hall–Kier alpha value is -1.49. The van der Waals surface area contributed by atoms with Gasteiger partial charge in [-0.3, -0.25) is 0 Å². The number of hydrogen-bond acceptors (Lipinski definition) is 3. The van der Waals surface area contributed by atoms with Crippen LogP contribution in [0.15, 0.2) is 6.07 Å². The van der Waals surface area contributed by atoms with E-state index >= 15 is 0 Å². The minimum atomic E-state index is -0.484. The van der Waals surface area contributed by atoms with E-state index in [1.807, 2.05) is 34.6 Å². The summed E-state index contributed by atoms with van der Waals surface area (Å²) in [7, 11) is 0. The SMILES string of the molecule is Cc1cc(CC(N)CNC(=O)OC(C)(C)C)c(C)[nH]1. The molecule has 0 aliphatic rings. The quantitative estimate of drug-likeness (QED) is 0.781. The largest absolute Gasteiger partial charge is 0.444 e. The zero-order valence-electron chi connectivity index (χ0n) is 12.5. The number of aromatic nitrogens is 1. The fraction of sp³-hybridized carbons (Fsp3) is 0.643. The Kier molecular flexibility index (Phi) is 5.00. The van der Waals surface area contributed by atoms with Crippen molar-refractivity contribution in [1.29, 1.82) is 0 Å². The molecule has 0 aliphatic heterocycles. The van der Waals surface area contributed by atoms with Crippen molar-refractivity contribution >= 4 is 6.09 Å². The Labute approximate surface area is 114 Å². The first-order valence-electron chi connectivity index (χ1n) is 6.55. The Morgan fingerprint density at radius 1 is 1.47 bits per heavy atom. The van der Waals surface area contributed by atoms with Crippen molar-refractivity contribution in [2.24, 2.45) is 5.73 Å². The van der Waals surface area contributed by atoms with Crippen molar-refractivity contribution in [3.8, 4) is 0 Å². The van der Waals surface area contributed by atoms with Gasteiger partial charge in [-0.05, 0) is 52.7 Å². The zero-order valence-corrected chi connectivity index (χ0v) is 12.5. The number of ether oxygens (including phenoxy) is 1. The molecule has 4 N–H and O–H groups in total. The highest BCUT2D eigenvalue weighted by Gasteiger charge is 2.17. The van der Waals surface area contributed by atoms with Gasteiger partial charge in [0.25, 0.3) is 0 Å². The van der Waals surface area contributed by atoms with Gasteiger partial charge in [0.2, 0.25) is 0 Å². The molecule has 1 rings (SSSR count). The van der Waals surface area contributed by atoms with Crippen molar-refractivity contribution in [3.05, 3.63) is 23.0 Å². The highest BCUT2D eigenvalue weighted by atomic mass is 16.6. The number of carbonyl (C=O) groups excluding carboxylic acids is 1. The summed E-state index contributed by atoms with van der Waals surface area (Å²) in [6, 6.07) is 1.96. The van der Waals surface area contributed by atoms with E-state index in [0.29, 0.717) is 6.54 Å². The third kappa shape index (κ3) is 5.79. The summed E-state index contributed by atoms with van der Waals surface area (Å²) in [6.45, 7) is 9.94. The van der Waals surface area contributed by atoms with Gasteiger partial charge < -0.3 is 20.8 Å². The normalized spacial score (nSPS) is 13.2. The zero-order chi connectivity index (χ0) is 14.6. The lowest BCUT2D eigenvalue weighted by molar-refractivity contribution is 0.0524. The molecule has 0 spiro atoms. The van der Waals surface area contributed by atoms with Crippen LogP contribution in [-0.2, 0) is 11.2 Å². The van der Waals surface area contributed by atoms with Crippen LogP contribution in [0.25, 0.3) is 0 Å². The molecular formula is C14H25N3O2. The summed E-state index contributed by atoms with van der Waals surface area (Å²) >= 11 is 0. The van der Waals surface area contributed by atoms with Gasteiger partial charge in [-0.25, -0.2) is 4.79 Å². The van der Waals surface area contributed by atoms with E-state index in [0.717, 1.165) is 17.8 Å². The van der Waals surface area contributed by atoms with E-state index in [1.165, 1.54) is 5.56 Å². The van der Waals surface area contributed by atoms with Crippen LogP contribution in [0.4, 0.5) is 4.79 Å². The second kappa shape index (κ2) is 6.10. The first-order valence-corrected chi connectivity index (χ1v) is 6.55. The average Bonchev–Trinajstić information content (AvgIpc) is 2.52. The molecule has 19 heavy (non-hydrogen) atoms. The number of amides is 1. The fourth-order valence-electron chi connectivity index (χ4n) is 1.88. The number of aryl methyl sites for hydroxylation is 2. The molecule has 0 radical (unpaired) electrons. The van der Waals surface area contributed by atoms with Crippen LogP contribution < -0.4 is 11.1 Å². The van der Waals surface area contributed by atoms with Crippen LogP contribution in [0.1, 0.15) is 37.7 Å². The molecule has 1 aromatic heterocycles. The maximum atomic E-state index is 11.5. The van der Waals surface area contributed by atoms with Gasteiger partial charge in [0, 0.05) is 24.0 Å². The van der Waals surface area contributed by atoms with Crippen molar-refractivity contribution in [3.63, 3.8) is 0 Å². The number of hydrogen-bond donors (Lipinski definition) is 3. The first-order chi connectivity index (χ1) is 8.67. The van der Waals surface area contributed by atoms with Crippen LogP contribution in [-0.4, -0.2) is 29.3 Å². The third-order valence-corrected chi connectivity index (χ3v) is 2.65. The van der Waals surface area contributed by atoms with Gasteiger partial charge in [0.15, 0.2) is 0 Å². The number of nitrogens with one attached hydrogen (secondary N) is 2. The van der Waals surface area contributed by atoms with E-state index in [-0.39, 0.29) is 6.04 Å². The first kappa shape index (κ1) is 15.6. The number of alkyl carbamates (subject to hydrolysis) is 1. The van der Waals surface area contributed by atoms with Crippen molar-refractivity contribution in [2.45, 2.75) is 52.7 Å². The predicted molar refractivity (Wildman–Crippen MR) is 76.2 cm³/mol. The summed E-state index contributed by atoms with van der Waals surface area (Å²) in [6.07, 6.45) is 0.302. The number of H-pyrrole nitrogens is 1. The monoisotopic (exact) mass is 267 g/mol. The van der Waals surface area contributed by atoms with E-state index in [9.17, 15) is 4.79 Å². The Balaban J connectivity index is 2.38. The predicted octanol–water partition coefficient (Wildman–Crippen LogP) is 2.03. The van der Waals surface area contributed by atoms with Gasteiger partial charge in [-0.15, -0.1) is 0 Å². The molecule has 1 unspecified atom stereocenters. The summed E-state index contributed by atoms with van der Waals surface area (Å²) in [5, 5.41) is 2.69. The molecule has 1 atom stereocenters. The molecule has 0 aromatic carbocycles. The van der Waals surface area contributed by atoms with Gasteiger partial charge >= 0.3 is 6.09 Å². The van der Waals surface area contributed by atoms with Crippen molar-refractivity contribution in [1.82, 2.24) is 10.3 Å². The molecule has 0 fully saturated rings. The molecule has 0 saturated carbocycles. The Morgan fingerprint density at radius 3 is 2.58 bits per heavy atom. The lowest BCUT2D eigenvalue weighted by atomic mass is 10.1. The average molecular weight is 267 g/mol. The van der Waals surface area contributed by atoms with Crippen molar-refractivity contribution < 1.29 is 9.53 Å². The van der Waals surface area contributed by atoms with Gasteiger partial charge in [0.1, 0.15) is 5.60 Å². The maximum Gasteiger partial charge on any atom is 0.407 e. The molecular weight excluding hydrogens is 242 g/mol. The summed E-state index contributed by atoms with van der Waals surface area (Å²) in [5.41, 5.74) is 8.97. The van der Waals surface area contributed by atoms with Crippen LogP contribution in [0.5, 0.6) is 0 Å². The van der Waals surface area contributed by atoms with E-state index in [2.05, 4.69) is 16.4 Å². The smallest absolute Gasteiger partial charge is 0.407 e. The van der Waals surface area contributed by atoms with Crippen LogP contribution in [0.3, 0.4) is 0 Å². The minimum Gasteiger partial charge on any atom is -0.444 e. The Bertz CT molecular complexity index is 432. The van der Waals surface area contributed by atoms with E-state index < -0.39 is 11.7 Å². The molecule has 5 nitrogen and oxygen atoms in total. The second-order valence-electron chi connectivity index (χ2n) is 5.95. The molecule has 0 bridgehead atoms. The molecule has 0 aliphatic carbocycles. The molecule has 0 saturated heterocycles. The second-order valence-corrected chi connectivity index (χ2v) is 5.95. The highest BCUT2D eigenvalue weighted by Crippen LogP contribution is 2.11. The molecule has 1 amide bonds. The fourth-order valence-corrected chi connectivity index (χ4v) is 1.88. The lowest BCUT2D eigenvalue weighted by Gasteiger charge is -2.20. The van der Waals surface area contributed by atoms with E-state index in [4.69, 9.17) is 10.5 Å².